The highest BCUT2D eigenvalue weighted by Gasteiger charge is 2.46. The summed E-state index contributed by atoms with van der Waals surface area (Å²) in [7, 11) is 0. The number of hydrogen-bond donors (Lipinski definition) is 1. The monoisotopic (exact) mass is 336 g/mol. The zero-order valence-corrected chi connectivity index (χ0v) is 14.1. The van der Waals surface area contributed by atoms with Crippen molar-refractivity contribution in [2.45, 2.75) is 45.2 Å². The molecule has 1 amide bonds. The van der Waals surface area contributed by atoms with E-state index in [-0.39, 0.29) is 12.6 Å². The van der Waals surface area contributed by atoms with Crippen LogP contribution in [0.2, 0.25) is 0 Å². The Morgan fingerprint density at radius 2 is 2.17 bits per heavy atom. The smallest absolute Gasteiger partial charge is 0.407 e. The molecule has 1 N–H and O–H groups in total. The first-order chi connectivity index (χ1) is 11.6. The molecular weight excluding hydrogens is 311 g/mol. The van der Waals surface area contributed by atoms with Crippen LogP contribution in [-0.2, 0) is 11.3 Å². The van der Waals surface area contributed by atoms with Crippen molar-refractivity contribution in [1.82, 2.24) is 20.2 Å². The van der Waals surface area contributed by atoms with Crippen molar-refractivity contribution >= 4 is 6.09 Å². The van der Waals surface area contributed by atoms with Gasteiger partial charge in [0.05, 0.1) is 11.4 Å². The van der Waals surface area contributed by atoms with Gasteiger partial charge in [-0.3, -0.25) is 14.9 Å². The molecule has 1 aromatic rings. The zero-order valence-electron chi connectivity index (χ0n) is 14.1. The summed E-state index contributed by atoms with van der Waals surface area (Å²) < 4.78 is 16.7. The molecule has 1 aliphatic heterocycles. The Morgan fingerprint density at radius 1 is 1.42 bits per heavy atom. The summed E-state index contributed by atoms with van der Waals surface area (Å²) in [6.07, 6.45) is 7.39. The van der Waals surface area contributed by atoms with Crippen molar-refractivity contribution in [2.75, 3.05) is 26.4 Å². The maximum absolute atomic E-state index is 12.0. The second kappa shape index (κ2) is 7.42. The Kier molecular flexibility index (Phi) is 5.28. The first-order valence-corrected chi connectivity index (χ1v) is 8.58. The molecule has 1 aliphatic carbocycles. The average molecular weight is 336 g/mol. The molecule has 1 saturated heterocycles. The summed E-state index contributed by atoms with van der Waals surface area (Å²) in [5, 5.41) is 2.82. The Morgan fingerprint density at radius 3 is 2.83 bits per heavy atom. The number of carbonyl (C=O) groups excluding carboxylic acids is 1. The quantitative estimate of drug-likeness (QED) is 0.893. The molecule has 0 atom stereocenters. The standard InChI is InChI=1S/C17H25FN4O2/c1-13-10-19-11-15(20-13)12-22-5-2-17(3-6-22)8-14(9-17)21-16(23)24-7-4-18/h10-11,14H,2-9,12H2,1H3,(H,21,23). The van der Waals surface area contributed by atoms with Gasteiger partial charge >= 0.3 is 6.09 Å². The van der Waals surface area contributed by atoms with E-state index in [1.165, 1.54) is 0 Å². The highest BCUT2D eigenvalue weighted by molar-refractivity contribution is 5.67. The van der Waals surface area contributed by atoms with Crippen LogP contribution in [0.25, 0.3) is 0 Å². The van der Waals surface area contributed by atoms with Crippen LogP contribution >= 0.6 is 0 Å². The van der Waals surface area contributed by atoms with Crippen LogP contribution in [-0.4, -0.2) is 53.4 Å². The molecule has 3 rings (SSSR count). The molecule has 2 aliphatic rings. The first kappa shape index (κ1) is 17.1. The zero-order chi connectivity index (χ0) is 17.0. The Labute approximate surface area is 141 Å². The minimum Gasteiger partial charge on any atom is -0.447 e. The van der Waals surface area contributed by atoms with Crippen molar-refractivity contribution in [3.63, 3.8) is 0 Å². The van der Waals surface area contributed by atoms with Crippen LogP contribution in [0.4, 0.5) is 9.18 Å². The Hall–Kier alpha value is -1.76. The molecule has 2 heterocycles. The molecule has 7 heteroatoms. The van der Waals surface area contributed by atoms with Gasteiger partial charge in [-0.25, -0.2) is 9.18 Å². The number of alkyl halides is 1. The van der Waals surface area contributed by atoms with Crippen molar-refractivity contribution < 1.29 is 13.9 Å². The summed E-state index contributed by atoms with van der Waals surface area (Å²) in [6, 6.07) is 0.173. The molecule has 1 saturated carbocycles. The molecule has 0 unspecified atom stereocenters. The van der Waals surface area contributed by atoms with E-state index in [0.717, 1.165) is 56.7 Å². The molecule has 24 heavy (non-hydrogen) atoms. The number of alkyl carbamates (subject to hydrolysis) is 1. The number of piperidine rings is 1. The molecule has 132 valence electrons. The van der Waals surface area contributed by atoms with Crippen molar-refractivity contribution in [2.24, 2.45) is 5.41 Å². The summed E-state index contributed by atoms with van der Waals surface area (Å²) in [5.74, 6) is 0. The van der Waals surface area contributed by atoms with E-state index in [0.29, 0.717) is 5.41 Å². The van der Waals surface area contributed by atoms with Gasteiger partial charge in [0.25, 0.3) is 0 Å². The summed E-state index contributed by atoms with van der Waals surface area (Å²) >= 11 is 0. The predicted molar refractivity (Wildman–Crippen MR) is 87.2 cm³/mol. The lowest BCUT2D eigenvalue weighted by Crippen LogP contribution is -2.54. The van der Waals surface area contributed by atoms with E-state index >= 15 is 0 Å². The maximum atomic E-state index is 12.0. The number of rotatable bonds is 5. The third-order valence-electron chi connectivity index (χ3n) is 5.10. The lowest BCUT2D eigenvalue weighted by molar-refractivity contribution is 0.00281. The third-order valence-corrected chi connectivity index (χ3v) is 5.10. The van der Waals surface area contributed by atoms with Crippen LogP contribution in [0.15, 0.2) is 12.4 Å². The van der Waals surface area contributed by atoms with Crippen LogP contribution in [0.3, 0.4) is 0 Å². The molecule has 6 nitrogen and oxygen atoms in total. The highest BCUT2D eigenvalue weighted by atomic mass is 19.1. The van der Waals surface area contributed by atoms with Crippen molar-refractivity contribution in [1.29, 1.82) is 0 Å². The second-order valence-electron chi connectivity index (χ2n) is 7.00. The number of likely N-dealkylation sites (tertiary alicyclic amines) is 1. The van der Waals surface area contributed by atoms with E-state index < -0.39 is 12.8 Å². The Bertz CT molecular complexity index is 567. The van der Waals surface area contributed by atoms with Gasteiger partial charge in [0, 0.05) is 25.0 Å². The number of nitrogens with zero attached hydrogens (tertiary/aromatic N) is 3. The van der Waals surface area contributed by atoms with E-state index in [9.17, 15) is 9.18 Å². The lowest BCUT2D eigenvalue weighted by Gasteiger charge is -2.52. The second-order valence-corrected chi connectivity index (χ2v) is 7.00. The van der Waals surface area contributed by atoms with Gasteiger partial charge in [0.2, 0.25) is 0 Å². The van der Waals surface area contributed by atoms with E-state index in [1.807, 2.05) is 13.1 Å². The normalized spacial score (nSPS) is 20.6. The van der Waals surface area contributed by atoms with Crippen molar-refractivity contribution in [3.05, 3.63) is 23.8 Å². The summed E-state index contributed by atoms with van der Waals surface area (Å²) in [5.41, 5.74) is 2.33. The summed E-state index contributed by atoms with van der Waals surface area (Å²) in [4.78, 5) is 22.6. The van der Waals surface area contributed by atoms with Gasteiger partial charge in [0.1, 0.15) is 13.3 Å². The average Bonchev–Trinajstić information content (AvgIpc) is 2.53. The number of carbonyl (C=O) groups is 1. The van der Waals surface area contributed by atoms with E-state index in [2.05, 4.69) is 20.2 Å². The molecule has 1 spiro atoms. The number of halogens is 1. The number of nitrogens with one attached hydrogen (secondary N) is 1. The molecular formula is C17H25FN4O2. The molecule has 2 fully saturated rings. The fourth-order valence-corrected chi connectivity index (χ4v) is 3.84. The van der Waals surface area contributed by atoms with Gasteiger partial charge in [-0.05, 0) is 51.1 Å². The molecule has 0 aromatic carbocycles. The fourth-order valence-electron chi connectivity index (χ4n) is 3.84. The third kappa shape index (κ3) is 4.20. The van der Waals surface area contributed by atoms with Gasteiger partial charge in [0.15, 0.2) is 0 Å². The molecule has 1 aromatic heterocycles. The number of ether oxygens (including phenoxy) is 1. The van der Waals surface area contributed by atoms with Crippen LogP contribution in [0, 0.1) is 12.3 Å². The largest absolute Gasteiger partial charge is 0.447 e. The van der Waals surface area contributed by atoms with Gasteiger partial charge in [-0.1, -0.05) is 0 Å². The van der Waals surface area contributed by atoms with Gasteiger partial charge in [-0.2, -0.15) is 0 Å². The minimum atomic E-state index is -0.636. The number of aromatic nitrogens is 2. The van der Waals surface area contributed by atoms with Gasteiger partial charge in [-0.15, -0.1) is 0 Å². The first-order valence-electron chi connectivity index (χ1n) is 8.58. The number of hydrogen-bond acceptors (Lipinski definition) is 5. The van der Waals surface area contributed by atoms with Crippen LogP contribution in [0.5, 0.6) is 0 Å². The molecule has 0 radical (unpaired) electrons. The lowest BCUT2D eigenvalue weighted by atomic mass is 9.60. The maximum Gasteiger partial charge on any atom is 0.407 e. The minimum absolute atomic E-state index is 0.166. The molecule has 0 bridgehead atoms. The van der Waals surface area contributed by atoms with Crippen LogP contribution in [0.1, 0.15) is 37.1 Å². The highest BCUT2D eigenvalue weighted by Crippen LogP contribution is 2.49. The number of amides is 1. The topological polar surface area (TPSA) is 67.4 Å². The Balaban J connectivity index is 1.39. The summed E-state index contributed by atoms with van der Waals surface area (Å²) in [6.45, 7) is 4.11. The van der Waals surface area contributed by atoms with E-state index in [1.54, 1.807) is 6.20 Å². The predicted octanol–water partition coefficient (Wildman–Crippen LogP) is 2.23. The van der Waals surface area contributed by atoms with Crippen molar-refractivity contribution in [3.8, 4) is 0 Å². The van der Waals surface area contributed by atoms with Gasteiger partial charge < -0.3 is 10.1 Å². The fraction of sp³-hybridized carbons (Fsp3) is 0.706. The van der Waals surface area contributed by atoms with Crippen LogP contribution < -0.4 is 5.32 Å². The number of aryl methyl sites for hydroxylation is 1. The SMILES string of the molecule is Cc1cncc(CN2CCC3(CC2)CC(NC(=O)OCCF)C3)n1. The van der Waals surface area contributed by atoms with E-state index in [4.69, 9.17) is 4.74 Å².